The van der Waals surface area contributed by atoms with Crippen molar-refractivity contribution in [2.45, 2.75) is 18.8 Å². The summed E-state index contributed by atoms with van der Waals surface area (Å²) in [6.45, 7) is 1.80. The summed E-state index contributed by atoms with van der Waals surface area (Å²) < 4.78 is 4.72. The highest BCUT2D eigenvalue weighted by molar-refractivity contribution is 5.57. The second-order valence-corrected chi connectivity index (χ2v) is 2.61. The van der Waals surface area contributed by atoms with E-state index in [-0.39, 0.29) is 6.04 Å². The lowest BCUT2D eigenvalue weighted by atomic mass is 10.2. The maximum Gasteiger partial charge on any atom is 0.508 e. The van der Waals surface area contributed by atoms with Crippen LogP contribution in [0.1, 0.15) is 6.92 Å². The summed E-state index contributed by atoms with van der Waals surface area (Å²) in [5, 5.41) is 17.0. The van der Waals surface area contributed by atoms with E-state index >= 15 is 0 Å². The summed E-state index contributed by atoms with van der Waals surface area (Å²) in [7, 11) is 4.96. The van der Waals surface area contributed by atoms with Crippen LogP contribution in [0.3, 0.4) is 0 Å². The van der Waals surface area contributed by atoms with Gasteiger partial charge in [0.05, 0.1) is 6.04 Å². The number of rotatable bonds is 5. The molecule has 4 N–H and O–H groups in total. The number of likely N-dealkylation sites (N-methyl/N-ethyl adjacent to an activating group) is 3. The minimum absolute atomic E-state index is 0.196. The highest BCUT2D eigenvalue weighted by Crippen LogP contribution is 2.07. The summed E-state index contributed by atoms with van der Waals surface area (Å²) >= 11 is 0. The molecule has 0 aliphatic rings. The molecule has 1 unspecified atom stereocenters. The SMILES string of the molecule is CNC(C)C(NC)(NC)OC(=O)O. The summed E-state index contributed by atoms with van der Waals surface area (Å²) in [4.78, 5) is 10.4. The largest absolute Gasteiger partial charge is 0.508 e. The van der Waals surface area contributed by atoms with Crippen molar-refractivity contribution < 1.29 is 14.6 Å². The highest BCUT2D eigenvalue weighted by atomic mass is 16.7. The summed E-state index contributed by atoms with van der Waals surface area (Å²) in [5.41, 5.74) is 0. The van der Waals surface area contributed by atoms with Crippen molar-refractivity contribution >= 4 is 6.16 Å². The molecule has 6 nitrogen and oxygen atoms in total. The molecule has 1 atom stereocenters. The van der Waals surface area contributed by atoms with Crippen molar-refractivity contribution in [3.05, 3.63) is 0 Å². The van der Waals surface area contributed by atoms with Gasteiger partial charge in [0.15, 0.2) is 0 Å². The van der Waals surface area contributed by atoms with Gasteiger partial charge in [0.2, 0.25) is 5.85 Å². The molecule has 13 heavy (non-hydrogen) atoms. The van der Waals surface area contributed by atoms with Crippen molar-refractivity contribution in [2.24, 2.45) is 0 Å². The van der Waals surface area contributed by atoms with E-state index in [9.17, 15) is 4.79 Å². The van der Waals surface area contributed by atoms with E-state index in [2.05, 4.69) is 16.0 Å². The van der Waals surface area contributed by atoms with Crippen LogP contribution in [-0.4, -0.2) is 44.3 Å². The maximum atomic E-state index is 10.4. The maximum absolute atomic E-state index is 10.4. The van der Waals surface area contributed by atoms with Crippen LogP contribution in [0.2, 0.25) is 0 Å². The molecule has 0 aliphatic carbocycles. The van der Waals surface area contributed by atoms with Crippen LogP contribution in [0.5, 0.6) is 0 Å². The first-order chi connectivity index (χ1) is 6.02. The Kier molecular flexibility index (Phi) is 4.68. The molecule has 0 aromatic carbocycles. The van der Waals surface area contributed by atoms with E-state index < -0.39 is 12.0 Å². The van der Waals surface area contributed by atoms with Gasteiger partial charge in [0.1, 0.15) is 0 Å². The molecule has 0 bridgehead atoms. The molecule has 0 heterocycles. The zero-order valence-corrected chi connectivity index (χ0v) is 8.34. The van der Waals surface area contributed by atoms with Crippen LogP contribution >= 0.6 is 0 Å². The van der Waals surface area contributed by atoms with Crippen molar-refractivity contribution in [3.63, 3.8) is 0 Å². The Bertz CT molecular complexity index is 170. The second kappa shape index (κ2) is 5.00. The predicted molar refractivity (Wildman–Crippen MR) is 48.5 cm³/mol. The molecule has 0 saturated carbocycles. The average molecular weight is 191 g/mol. The summed E-state index contributed by atoms with van der Waals surface area (Å²) in [6, 6.07) is -0.196. The number of hydrogen-bond acceptors (Lipinski definition) is 5. The van der Waals surface area contributed by atoms with Crippen LogP contribution in [0.25, 0.3) is 0 Å². The van der Waals surface area contributed by atoms with E-state index in [1.165, 1.54) is 0 Å². The standard InChI is InChI=1S/C7H17N3O3/c1-5(8-2)7(9-3,10-4)13-6(11)12/h5,8-10H,1-4H3,(H,11,12). The normalized spacial score (nSPS) is 13.8. The van der Waals surface area contributed by atoms with E-state index in [0.717, 1.165) is 0 Å². The second-order valence-electron chi connectivity index (χ2n) is 2.61. The zero-order chi connectivity index (χ0) is 10.5. The lowest BCUT2D eigenvalue weighted by molar-refractivity contribution is -0.0749. The van der Waals surface area contributed by atoms with Crippen LogP contribution in [0.4, 0.5) is 4.79 Å². The number of nitrogens with one attached hydrogen (secondary N) is 3. The Hall–Kier alpha value is -0.850. The van der Waals surface area contributed by atoms with Crippen LogP contribution < -0.4 is 16.0 Å². The Balaban J connectivity index is 4.57. The van der Waals surface area contributed by atoms with Gasteiger partial charge >= 0.3 is 6.16 Å². The van der Waals surface area contributed by atoms with Gasteiger partial charge in [0, 0.05) is 0 Å². The van der Waals surface area contributed by atoms with Crippen LogP contribution in [0.15, 0.2) is 0 Å². The van der Waals surface area contributed by atoms with Gasteiger partial charge in [-0.3, -0.25) is 10.6 Å². The quantitative estimate of drug-likeness (QED) is 0.342. The molecule has 0 rings (SSSR count). The molecule has 0 aromatic heterocycles. The first kappa shape index (κ1) is 12.2. The Morgan fingerprint density at radius 2 is 1.85 bits per heavy atom. The van der Waals surface area contributed by atoms with Gasteiger partial charge < -0.3 is 15.2 Å². The lowest BCUT2D eigenvalue weighted by Gasteiger charge is -2.36. The van der Waals surface area contributed by atoms with Gasteiger partial charge in [-0.1, -0.05) is 0 Å². The summed E-state index contributed by atoms with van der Waals surface area (Å²) in [5.74, 6) is -1.10. The fraction of sp³-hybridized carbons (Fsp3) is 0.857. The first-order valence-corrected chi connectivity index (χ1v) is 3.99. The van der Waals surface area contributed by atoms with Crippen molar-refractivity contribution in [2.75, 3.05) is 21.1 Å². The molecule has 0 aromatic rings. The number of ether oxygens (including phenoxy) is 1. The van der Waals surface area contributed by atoms with Crippen LogP contribution in [-0.2, 0) is 4.74 Å². The number of carboxylic acid groups (broad SMARTS) is 1. The lowest BCUT2D eigenvalue weighted by Crippen LogP contribution is -2.67. The molecule has 6 heteroatoms. The fourth-order valence-electron chi connectivity index (χ4n) is 1.09. The Labute approximate surface area is 77.6 Å². The number of carbonyl (C=O) groups is 1. The average Bonchev–Trinajstić information content (AvgIpc) is 2.12. The van der Waals surface area contributed by atoms with E-state index in [4.69, 9.17) is 9.84 Å². The molecule has 0 saturated heterocycles. The third-order valence-corrected chi connectivity index (χ3v) is 2.03. The molecule has 78 valence electrons. The van der Waals surface area contributed by atoms with Gasteiger partial charge in [-0.05, 0) is 28.1 Å². The monoisotopic (exact) mass is 191 g/mol. The molecule has 0 radical (unpaired) electrons. The van der Waals surface area contributed by atoms with E-state index in [1.807, 2.05) is 0 Å². The zero-order valence-electron chi connectivity index (χ0n) is 8.34. The van der Waals surface area contributed by atoms with Gasteiger partial charge in [-0.25, -0.2) is 4.79 Å². The third-order valence-electron chi connectivity index (χ3n) is 2.03. The Morgan fingerprint density at radius 3 is 2.08 bits per heavy atom. The molecule has 0 fully saturated rings. The third kappa shape index (κ3) is 2.83. The highest BCUT2D eigenvalue weighted by Gasteiger charge is 2.36. The topological polar surface area (TPSA) is 82.6 Å². The van der Waals surface area contributed by atoms with Crippen molar-refractivity contribution in [3.8, 4) is 0 Å². The van der Waals surface area contributed by atoms with Gasteiger partial charge in [-0.2, -0.15) is 0 Å². The minimum atomic E-state index is -1.33. The molecule has 0 amide bonds. The van der Waals surface area contributed by atoms with Crippen LogP contribution in [0, 0.1) is 0 Å². The Morgan fingerprint density at radius 1 is 1.38 bits per heavy atom. The fourth-order valence-corrected chi connectivity index (χ4v) is 1.09. The smallest absolute Gasteiger partial charge is 0.450 e. The molecule has 0 spiro atoms. The van der Waals surface area contributed by atoms with Crippen molar-refractivity contribution in [1.29, 1.82) is 0 Å². The van der Waals surface area contributed by atoms with E-state index in [1.54, 1.807) is 28.1 Å². The minimum Gasteiger partial charge on any atom is -0.450 e. The number of hydrogen-bond donors (Lipinski definition) is 4. The van der Waals surface area contributed by atoms with Gasteiger partial charge in [0.25, 0.3) is 0 Å². The molecular formula is C7H17N3O3. The van der Waals surface area contributed by atoms with Gasteiger partial charge in [-0.15, -0.1) is 0 Å². The first-order valence-electron chi connectivity index (χ1n) is 3.99. The summed E-state index contributed by atoms with van der Waals surface area (Å²) in [6.07, 6.45) is -1.33. The predicted octanol–water partition coefficient (Wildman–Crippen LogP) is -0.618. The molecule has 0 aliphatic heterocycles. The van der Waals surface area contributed by atoms with Crippen molar-refractivity contribution in [1.82, 2.24) is 16.0 Å². The van der Waals surface area contributed by atoms with E-state index in [0.29, 0.717) is 0 Å². The molecular weight excluding hydrogens is 174 g/mol.